The predicted octanol–water partition coefficient (Wildman–Crippen LogP) is 5.83. The van der Waals surface area contributed by atoms with Gasteiger partial charge in [-0.3, -0.25) is 4.79 Å². The van der Waals surface area contributed by atoms with Gasteiger partial charge in [0, 0.05) is 12.5 Å². The van der Waals surface area contributed by atoms with Gasteiger partial charge in [-0.1, -0.05) is 82.3 Å². The summed E-state index contributed by atoms with van der Waals surface area (Å²) in [5.41, 5.74) is 1.75. The number of nitrogens with one attached hydrogen (secondary N) is 1. The molecule has 3 aliphatic heterocycles. The molecule has 57 heavy (non-hydrogen) atoms. The van der Waals surface area contributed by atoms with E-state index in [2.05, 4.69) is 59.3 Å². The standard InChI is InChI=1S/C43H63NO12Si/c1-11-22-49-38-34(44-28(5)45)41(56-57(9,10)43(6,7)27(3)4)52-32(25-48-24-29-18-20-31(47-8)21-19-29)36(38)55-42-35(46)39(50-23-12-2)37-33(53-42)26-51-40(54-37)30-16-14-13-15-17-30/h11-21,27,32-42,46H,1-2,22-26H2,3-10H3,(H,44,45)/t32-,33-,34-,35+,36-,37-,38-,39-,40?,41+,42+/m1/s1. The van der Waals surface area contributed by atoms with Gasteiger partial charge in [0.1, 0.15) is 54.5 Å². The quantitative estimate of drug-likeness (QED) is 0.130. The summed E-state index contributed by atoms with van der Waals surface area (Å²) >= 11 is 0. The molecule has 0 aromatic heterocycles. The summed E-state index contributed by atoms with van der Waals surface area (Å²) in [5, 5.41) is 14.9. The van der Waals surface area contributed by atoms with Gasteiger partial charge in [0.25, 0.3) is 0 Å². The number of ether oxygens (including phenoxy) is 9. The second kappa shape index (κ2) is 20.3. The Hall–Kier alpha value is -2.99. The van der Waals surface area contributed by atoms with Crippen LogP contribution in [0.4, 0.5) is 0 Å². The van der Waals surface area contributed by atoms with Crippen LogP contribution in [0.1, 0.15) is 52.0 Å². The first-order valence-corrected chi connectivity index (χ1v) is 22.7. The van der Waals surface area contributed by atoms with Gasteiger partial charge in [-0.2, -0.15) is 0 Å². The molecule has 2 aromatic carbocycles. The highest BCUT2D eigenvalue weighted by Crippen LogP contribution is 2.46. The summed E-state index contributed by atoms with van der Waals surface area (Å²) in [5.74, 6) is 0.729. The Morgan fingerprint density at radius 3 is 2.25 bits per heavy atom. The number of hydrogen-bond donors (Lipinski definition) is 2. The maximum Gasteiger partial charge on any atom is 0.217 e. The molecule has 14 heteroatoms. The summed E-state index contributed by atoms with van der Waals surface area (Å²) in [6, 6.07) is 16.3. The van der Waals surface area contributed by atoms with Crippen molar-refractivity contribution in [3.05, 3.63) is 91.0 Å². The first-order chi connectivity index (χ1) is 27.2. The second-order valence-corrected chi connectivity index (χ2v) is 20.7. The van der Waals surface area contributed by atoms with E-state index >= 15 is 0 Å². The third-order valence-corrected chi connectivity index (χ3v) is 16.1. The highest BCUT2D eigenvalue weighted by molar-refractivity contribution is 6.74. The van der Waals surface area contributed by atoms with Gasteiger partial charge >= 0.3 is 0 Å². The number of aliphatic hydroxyl groups is 1. The Labute approximate surface area is 339 Å². The smallest absolute Gasteiger partial charge is 0.217 e. The van der Waals surface area contributed by atoms with Gasteiger partial charge in [-0.05, 0) is 41.7 Å². The largest absolute Gasteiger partial charge is 0.497 e. The topological polar surface area (TPSA) is 142 Å². The average Bonchev–Trinajstić information content (AvgIpc) is 3.19. The molecule has 1 unspecified atom stereocenters. The van der Waals surface area contributed by atoms with Gasteiger partial charge in [0.05, 0.1) is 40.1 Å². The van der Waals surface area contributed by atoms with Crippen molar-refractivity contribution in [3.63, 3.8) is 0 Å². The molecule has 0 spiro atoms. The minimum atomic E-state index is -2.57. The summed E-state index contributed by atoms with van der Waals surface area (Å²) in [6.45, 7) is 22.9. The van der Waals surface area contributed by atoms with E-state index in [1.807, 2.05) is 54.6 Å². The van der Waals surface area contributed by atoms with Gasteiger partial charge in [-0.15, -0.1) is 13.2 Å². The Balaban J connectivity index is 1.47. The van der Waals surface area contributed by atoms with E-state index in [1.165, 1.54) is 6.92 Å². The molecular weight excluding hydrogens is 751 g/mol. The summed E-state index contributed by atoms with van der Waals surface area (Å²) < 4.78 is 63.9. The van der Waals surface area contributed by atoms with Crippen LogP contribution in [0, 0.1) is 5.92 Å². The van der Waals surface area contributed by atoms with E-state index < -0.39 is 76.0 Å². The Morgan fingerprint density at radius 1 is 0.965 bits per heavy atom. The lowest BCUT2D eigenvalue weighted by atomic mass is 9.94. The number of methoxy groups -OCH3 is 1. The molecule has 0 bridgehead atoms. The highest BCUT2D eigenvalue weighted by atomic mass is 28.4. The molecule has 0 saturated carbocycles. The van der Waals surface area contributed by atoms with E-state index in [4.69, 9.17) is 47.1 Å². The predicted molar refractivity (Wildman–Crippen MR) is 216 cm³/mol. The van der Waals surface area contributed by atoms with Crippen molar-refractivity contribution in [2.75, 3.05) is 33.5 Å². The second-order valence-electron chi connectivity index (χ2n) is 16.1. The minimum Gasteiger partial charge on any atom is -0.497 e. The zero-order valence-corrected chi connectivity index (χ0v) is 35.7. The van der Waals surface area contributed by atoms with Crippen LogP contribution in [0.15, 0.2) is 79.9 Å². The number of carbonyl (C=O) groups excluding carboxylic acids is 1. The monoisotopic (exact) mass is 813 g/mol. The van der Waals surface area contributed by atoms with Crippen LogP contribution >= 0.6 is 0 Å². The molecule has 5 rings (SSSR count). The zero-order valence-electron chi connectivity index (χ0n) is 34.7. The van der Waals surface area contributed by atoms with E-state index in [9.17, 15) is 9.90 Å². The van der Waals surface area contributed by atoms with Crippen molar-refractivity contribution in [1.82, 2.24) is 5.32 Å². The Morgan fingerprint density at radius 2 is 1.63 bits per heavy atom. The van der Waals surface area contributed by atoms with E-state index in [0.29, 0.717) is 5.92 Å². The van der Waals surface area contributed by atoms with Gasteiger partial charge in [0.15, 0.2) is 27.2 Å². The number of hydrogen-bond acceptors (Lipinski definition) is 12. The fourth-order valence-electron chi connectivity index (χ4n) is 7.20. The van der Waals surface area contributed by atoms with Crippen LogP contribution in [0.25, 0.3) is 0 Å². The molecule has 2 N–H and O–H groups in total. The van der Waals surface area contributed by atoms with Crippen LogP contribution in [0.2, 0.25) is 18.1 Å². The van der Waals surface area contributed by atoms with Crippen LogP contribution in [-0.4, -0.2) is 114 Å². The molecule has 3 saturated heterocycles. The van der Waals surface area contributed by atoms with Crippen molar-refractivity contribution in [3.8, 4) is 5.75 Å². The van der Waals surface area contributed by atoms with Crippen LogP contribution in [0.3, 0.4) is 0 Å². The molecule has 1 amide bonds. The lowest BCUT2D eigenvalue weighted by Gasteiger charge is -2.52. The average molecular weight is 814 g/mol. The van der Waals surface area contributed by atoms with Crippen LogP contribution < -0.4 is 10.1 Å². The van der Waals surface area contributed by atoms with E-state index in [0.717, 1.165) is 16.9 Å². The van der Waals surface area contributed by atoms with Crippen molar-refractivity contribution >= 4 is 14.2 Å². The van der Waals surface area contributed by atoms with E-state index in [-0.39, 0.29) is 44.0 Å². The van der Waals surface area contributed by atoms with Crippen LogP contribution in [-0.2, 0) is 53.7 Å². The van der Waals surface area contributed by atoms with Crippen molar-refractivity contribution in [2.24, 2.45) is 5.92 Å². The lowest BCUT2D eigenvalue weighted by Crippen LogP contribution is -2.70. The van der Waals surface area contributed by atoms with Crippen molar-refractivity contribution < 1.29 is 57.0 Å². The SMILES string of the molecule is C=CCO[C@@H]1[C@H](O)[C@H](O[C@H]2[C@H](OCC=C)[C@@H](NC(C)=O)[C@H](O[Si](C)(C)C(C)(C)C(C)C)O[C@@H]2COCc2ccc(OC)cc2)O[C@@H]2COC(c3ccccc3)O[C@@H]12. The molecule has 3 aliphatic rings. The summed E-state index contributed by atoms with van der Waals surface area (Å²) in [4.78, 5) is 12.9. The van der Waals surface area contributed by atoms with Gasteiger partial charge in [-0.25, -0.2) is 0 Å². The number of aliphatic hydroxyl groups excluding tert-OH is 1. The highest BCUT2D eigenvalue weighted by Gasteiger charge is 2.56. The molecule has 0 aliphatic carbocycles. The van der Waals surface area contributed by atoms with E-state index in [1.54, 1.807) is 19.3 Å². The molecule has 2 aromatic rings. The third-order valence-electron chi connectivity index (χ3n) is 11.6. The number of amides is 1. The van der Waals surface area contributed by atoms with Crippen molar-refractivity contribution in [2.45, 2.75) is 127 Å². The number of fused-ring (bicyclic) bond motifs is 1. The summed E-state index contributed by atoms with van der Waals surface area (Å²) in [6.07, 6.45) is -5.85. The Bertz CT molecular complexity index is 1580. The fraction of sp³-hybridized carbons (Fsp3) is 0.605. The Kier molecular flexibility index (Phi) is 16.1. The first kappa shape index (κ1) is 45.1. The fourth-order valence-corrected chi connectivity index (χ4v) is 9.68. The van der Waals surface area contributed by atoms with Gasteiger partial charge < -0.3 is 57.5 Å². The normalized spacial score (nSPS) is 30.7. The summed E-state index contributed by atoms with van der Waals surface area (Å²) in [7, 11) is -0.950. The molecule has 11 atom stereocenters. The first-order valence-electron chi connectivity index (χ1n) is 19.8. The third kappa shape index (κ3) is 11.0. The molecule has 3 heterocycles. The molecule has 0 radical (unpaired) electrons. The number of benzene rings is 2. The van der Waals surface area contributed by atoms with Crippen molar-refractivity contribution in [1.29, 1.82) is 0 Å². The molecule has 3 fully saturated rings. The molecule has 316 valence electrons. The molecular formula is C43H63NO12Si. The maximum absolute atomic E-state index is 12.9. The van der Waals surface area contributed by atoms with Crippen LogP contribution in [0.5, 0.6) is 5.75 Å². The number of carbonyl (C=O) groups is 1. The number of rotatable bonds is 19. The maximum atomic E-state index is 12.9. The minimum absolute atomic E-state index is 0.0447. The zero-order chi connectivity index (χ0) is 41.3. The molecule has 13 nitrogen and oxygen atoms in total. The lowest BCUT2D eigenvalue weighted by molar-refractivity contribution is -0.383. The van der Waals surface area contributed by atoms with Gasteiger partial charge in [0.2, 0.25) is 5.91 Å².